The van der Waals surface area contributed by atoms with Crippen LogP contribution in [0.1, 0.15) is 19.4 Å². The van der Waals surface area contributed by atoms with Gasteiger partial charge in [-0.2, -0.15) is 0 Å². The van der Waals surface area contributed by atoms with Crippen molar-refractivity contribution in [1.82, 2.24) is 0 Å². The van der Waals surface area contributed by atoms with Crippen LogP contribution in [-0.4, -0.2) is 18.7 Å². The molecule has 1 aliphatic heterocycles. The zero-order chi connectivity index (χ0) is 18.8. The summed E-state index contributed by atoms with van der Waals surface area (Å²) in [6.45, 7) is 3.70. The maximum atomic E-state index is 11.7. The quantitative estimate of drug-likeness (QED) is 0.703. The maximum absolute atomic E-state index is 11.7. The number of carbonyl (C=O) groups is 2. The number of rotatable bonds is 4. The Morgan fingerprint density at radius 2 is 1.85 bits per heavy atom. The number of fused-ring (bicyclic) bond motifs is 1. The number of halogens is 1. The van der Waals surface area contributed by atoms with Crippen LogP contribution in [0.2, 0.25) is 5.02 Å². The fourth-order valence-electron chi connectivity index (χ4n) is 2.70. The first-order valence-corrected chi connectivity index (χ1v) is 9.35. The fraction of sp³-hybridized carbons (Fsp3) is 0.200. The van der Waals surface area contributed by atoms with E-state index in [0.717, 1.165) is 26.9 Å². The van der Waals surface area contributed by atoms with E-state index in [-0.39, 0.29) is 11.7 Å². The van der Waals surface area contributed by atoms with E-state index in [1.165, 1.54) is 6.92 Å². The smallest absolute Gasteiger partial charge is 0.223 e. The van der Waals surface area contributed by atoms with E-state index < -0.39 is 0 Å². The number of nitrogens with zero attached hydrogens (tertiary/aromatic N) is 2. The minimum absolute atomic E-state index is 0.00231. The van der Waals surface area contributed by atoms with E-state index in [1.807, 2.05) is 42.5 Å². The van der Waals surface area contributed by atoms with Crippen molar-refractivity contribution in [1.29, 1.82) is 0 Å². The lowest BCUT2D eigenvalue weighted by atomic mass is 10.2. The second-order valence-corrected chi connectivity index (χ2v) is 7.64. The average molecular weight is 387 g/mol. The number of anilines is 2. The summed E-state index contributed by atoms with van der Waals surface area (Å²) in [6, 6.07) is 13.6. The van der Waals surface area contributed by atoms with Gasteiger partial charge >= 0.3 is 0 Å². The van der Waals surface area contributed by atoms with Crippen molar-refractivity contribution in [2.45, 2.75) is 25.3 Å². The summed E-state index contributed by atoms with van der Waals surface area (Å²) in [5.41, 5.74) is 2.90. The molecule has 4 nitrogen and oxygen atoms in total. The molecule has 3 rings (SSSR count). The minimum atomic E-state index is -0.0284. The molecule has 0 aliphatic carbocycles. The van der Waals surface area contributed by atoms with Crippen LogP contribution in [0.15, 0.2) is 58.5 Å². The third-order valence-corrected chi connectivity index (χ3v) is 5.52. The lowest BCUT2D eigenvalue weighted by Crippen LogP contribution is -2.23. The van der Waals surface area contributed by atoms with Gasteiger partial charge in [0, 0.05) is 42.2 Å². The molecule has 2 aromatic rings. The molecule has 1 amide bonds. The molecular weight excluding hydrogens is 368 g/mol. The van der Waals surface area contributed by atoms with Crippen molar-refractivity contribution in [2.75, 3.05) is 16.8 Å². The second kappa shape index (κ2) is 7.56. The lowest BCUT2D eigenvalue weighted by Gasteiger charge is -2.22. The predicted octanol–water partition coefficient (Wildman–Crippen LogP) is 4.87. The normalized spacial score (nSPS) is 14.5. The highest BCUT2D eigenvalue weighted by molar-refractivity contribution is 8.03. The summed E-state index contributed by atoms with van der Waals surface area (Å²) in [5.74, 6) is -0.0261. The number of allylic oxidation sites excluding steroid dienone is 1. The largest absolute Gasteiger partial charge is 0.330 e. The van der Waals surface area contributed by atoms with E-state index in [0.29, 0.717) is 11.6 Å². The van der Waals surface area contributed by atoms with Gasteiger partial charge in [0.05, 0.1) is 10.7 Å². The highest BCUT2D eigenvalue weighted by Crippen LogP contribution is 2.48. The Morgan fingerprint density at radius 1 is 1.15 bits per heavy atom. The minimum Gasteiger partial charge on any atom is -0.330 e. The molecule has 6 heteroatoms. The molecule has 0 atom stereocenters. The Labute approximate surface area is 162 Å². The topological polar surface area (TPSA) is 40.6 Å². The van der Waals surface area contributed by atoms with Gasteiger partial charge < -0.3 is 9.80 Å². The molecule has 0 radical (unpaired) electrons. The first-order chi connectivity index (χ1) is 12.3. The summed E-state index contributed by atoms with van der Waals surface area (Å²) in [7, 11) is 1.75. The highest BCUT2D eigenvalue weighted by Gasteiger charge is 2.26. The van der Waals surface area contributed by atoms with Crippen LogP contribution in [-0.2, 0) is 16.1 Å². The summed E-state index contributed by atoms with van der Waals surface area (Å²) in [6.07, 6.45) is 1.65. The third-order valence-electron chi connectivity index (χ3n) is 4.15. The third kappa shape index (κ3) is 3.94. The monoisotopic (exact) mass is 386 g/mol. The Kier molecular flexibility index (Phi) is 5.39. The molecule has 0 saturated heterocycles. The van der Waals surface area contributed by atoms with Crippen molar-refractivity contribution >= 4 is 46.4 Å². The van der Waals surface area contributed by atoms with Crippen molar-refractivity contribution in [3.63, 3.8) is 0 Å². The molecule has 1 heterocycles. The Morgan fingerprint density at radius 3 is 2.46 bits per heavy atom. The first-order valence-electron chi connectivity index (χ1n) is 8.15. The molecule has 0 saturated carbocycles. The number of amides is 1. The summed E-state index contributed by atoms with van der Waals surface area (Å²) >= 11 is 7.54. The Hall–Kier alpha value is -2.24. The van der Waals surface area contributed by atoms with Gasteiger partial charge in [0.1, 0.15) is 0 Å². The van der Waals surface area contributed by atoms with E-state index in [1.54, 1.807) is 36.7 Å². The zero-order valence-electron chi connectivity index (χ0n) is 14.8. The van der Waals surface area contributed by atoms with Gasteiger partial charge in [0.15, 0.2) is 5.78 Å². The van der Waals surface area contributed by atoms with Gasteiger partial charge in [0.2, 0.25) is 5.91 Å². The van der Waals surface area contributed by atoms with Crippen LogP contribution < -0.4 is 9.80 Å². The molecule has 0 N–H and O–H groups in total. The van der Waals surface area contributed by atoms with Crippen LogP contribution in [0.25, 0.3) is 0 Å². The molecule has 1 aliphatic rings. The predicted molar refractivity (Wildman–Crippen MR) is 108 cm³/mol. The van der Waals surface area contributed by atoms with E-state index in [9.17, 15) is 9.59 Å². The van der Waals surface area contributed by atoms with E-state index >= 15 is 0 Å². The number of carbonyl (C=O) groups excluding carboxylic acids is 2. The SMILES string of the molecule is CC(=O)C=C1Sc2ccc(N(C)C(C)=O)cc2N1Cc1ccc(Cl)cc1. The first kappa shape index (κ1) is 18.5. The van der Waals surface area contributed by atoms with Crippen LogP contribution >= 0.6 is 23.4 Å². The van der Waals surface area contributed by atoms with Gasteiger partial charge in [-0.05, 0) is 42.8 Å². The van der Waals surface area contributed by atoms with Crippen molar-refractivity contribution < 1.29 is 9.59 Å². The molecule has 134 valence electrons. The van der Waals surface area contributed by atoms with Crippen LogP contribution in [0.4, 0.5) is 11.4 Å². The standard InChI is InChI=1S/C20H19ClN2O2S/c1-13(24)10-20-23(12-15-4-6-16(21)7-5-15)18-11-17(22(3)14(2)25)8-9-19(18)26-20/h4-11H,12H2,1-3H3. The van der Waals surface area contributed by atoms with Crippen molar-refractivity contribution in [3.05, 3.63) is 64.2 Å². The highest BCUT2D eigenvalue weighted by atomic mass is 35.5. The molecular formula is C20H19ClN2O2S. The van der Waals surface area contributed by atoms with Gasteiger partial charge in [-0.1, -0.05) is 35.5 Å². The Bertz CT molecular complexity index is 893. The zero-order valence-corrected chi connectivity index (χ0v) is 16.4. The van der Waals surface area contributed by atoms with Gasteiger partial charge in [-0.3, -0.25) is 9.59 Å². The number of benzene rings is 2. The number of hydrogen-bond acceptors (Lipinski definition) is 4. The molecule has 26 heavy (non-hydrogen) atoms. The average Bonchev–Trinajstić information content (AvgIpc) is 2.92. The van der Waals surface area contributed by atoms with Crippen LogP contribution in [0.3, 0.4) is 0 Å². The summed E-state index contributed by atoms with van der Waals surface area (Å²) < 4.78 is 0. The number of ketones is 1. The van der Waals surface area contributed by atoms with Crippen molar-refractivity contribution in [2.24, 2.45) is 0 Å². The summed E-state index contributed by atoms with van der Waals surface area (Å²) in [5, 5.41) is 1.57. The second-order valence-electron chi connectivity index (χ2n) is 6.14. The van der Waals surface area contributed by atoms with E-state index in [4.69, 9.17) is 11.6 Å². The van der Waals surface area contributed by atoms with Crippen LogP contribution in [0.5, 0.6) is 0 Å². The molecule has 0 bridgehead atoms. The molecule has 0 fully saturated rings. The number of thioether (sulfide) groups is 1. The van der Waals surface area contributed by atoms with Gasteiger partial charge in [-0.15, -0.1) is 0 Å². The van der Waals surface area contributed by atoms with Crippen LogP contribution in [0, 0.1) is 0 Å². The molecule has 0 aromatic heterocycles. The molecule has 0 spiro atoms. The number of hydrogen-bond donors (Lipinski definition) is 0. The molecule has 2 aromatic carbocycles. The maximum Gasteiger partial charge on any atom is 0.223 e. The van der Waals surface area contributed by atoms with Gasteiger partial charge in [0.25, 0.3) is 0 Å². The summed E-state index contributed by atoms with van der Waals surface area (Å²) in [4.78, 5) is 28.1. The fourth-order valence-corrected chi connectivity index (χ4v) is 3.96. The van der Waals surface area contributed by atoms with E-state index in [2.05, 4.69) is 4.90 Å². The Balaban J connectivity index is 2.01. The van der Waals surface area contributed by atoms with Gasteiger partial charge in [-0.25, -0.2) is 0 Å². The molecule has 0 unspecified atom stereocenters. The lowest BCUT2D eigenvalue weighted by molar-refractivity contribution is -0.116. The van der Waals surface area contributed by atoms with Crippen molar-refractivity contribution in [3.8, 4) is 0 Å².